The van der Waals surface area contributed by atoms with Gasteiger partial charge in [-0.1, -0.05) is 90.5 Å². The van der Waals surface area contributed by atoms with Crippen molar-refractivity contribution < 1.29 is 9.47 Å². The summed E-state index contributed by atoms with van der Waals surface area (Å²) in [6, 6.07) is 32.4. The highest BCUT2D eigenvalue weighted by Gasteiger charge is 2.11. The molecule has 3 heteroatoms. The van der Waals surface area contributed by atoms with Gasteiger partial charge in [-0.25, -0.2) is 0 Å². The lowest BCUT2D eigenvalue weighted by atomic mass is 10.1. The van der Waals surface area contributed by atoms with Gasteiger partial charge in [0.25, 0.3) is 0 Å². The second-order valence-electron chi connectivity index (χ2n) is 6.92. The fourth-order valence-corrected chi connectivity index (χ4v) is 3.02. The van der Waals surface area contributed by atoms with Gasteiger partial charge in [-0.05, 0) is 29.7 Å². The van der Waals surface area contributed by atoms with Crippen molar-refractivity contribution in [2.24, 2.45) is 0 Å². The number of aromatic nitrogens is 1. The number of pyridine rings is 1. The Morgan fingerprint density at radius 1 is 0.621 bits per heavy atom. The van der Waals surface area contributed by atoms with E-state index < -0.39 is 0 Å². The second-order valence-corrected chi connectivity index (χ2v) is 6.92. The first-order valence-electron chi connectivity index (χ1n) is 9.69. The zero-order valence-corrected chi connectivity index (χ0v) is 16.4. The second kappa shape index (κ2) is 9.07. The number of hydrogen-bond acceptors (Lipinski definition) is 3. The number of aryl methyl sites for hydroxylation is 1. The molecule has 1 heterocycles. The van der Waals surface area contributed by atoms with E-state index in [-0.39, 0.29) is 0 Å². The fraction of sp³-hybridized carbons (Fsp3) is 0.115. The minimum Gasteiger partial charge on any atom is -0.473 e. The first-order valence-corrected chi connectivity index (χ1v) is 9.69. The molecule has 1 aromatic heterocycles. The predicted octanol–water partition coefficient (Wildman–Crippen LogP) is 6.22. The van der Waals surface area contributed by atoms with Crippen molar-refractivity contribution in [2.45, 2.75) is 20.1 Å². The quantitative estimate of drug-likeness (QED) is 0.381. The number of nitrogens with zero attached hydrogens (tertiary/aromatic N) is 1. The van der Waals surface area contributed by atoms with Crippen LogP contribution in [0.4, 0.5) is 0 Å². The summed E-state index contributed by atoms with van der Waals surface area (Å²) >= 11 is 0. The Kier molecular flexibility index (Phi) is 5.87. The summed E-state index contributed by atoms with van der Waals surface area (Å²) in [5, 5.41) is 0. The van der Waals surface area contributed by atoms with Crippen LogP contribution in [0.25, 0.3) is 11.1 Å². The zero-order valence-electron chi connectivity index (χ0n) is 16.4. The average Bonchev–Trinajstić information content (AvgIpc) is 2.78. The molecule has 0 aliphatic carbocycles. The van der Waals surface area contributed by atoms with Crippen molar-refractivity contribution in [3.8, 4) is 22.9 Å². The van der Waals surface area contributed by atoms with E-state index in [2.05, 4.69) is 36.2 Å². The van der Waals surface area contributed by atoms with E-state index in [4.69, 9.17) is 9.47 Å². The molecule has 0 N–H and O–H groups in total. The fourth-order valence-electron chi connectivity index (χ4n) is 3.02. The Morgan fingerprint density at radius 3 is 1.83 bits per heavy atom. The van der Waals surface area contributed by atoms with Gasteiger partial charge >= 0.3 is 0 Å². The molecule has 0 aliphatic heterocycles. The molecular weight excluding hydrogens is 358 g/mol. The van der Waals surface area contributed by atoms with Gasteiger partial charge in [0.2, 0.25) is 11.8 Å². The number of rotatable bonds is 7. The summed E-state index contributed by atoms with van der Waals surface area (Å²) < 4.78 is 12.0. The highest BCUT2D eigenvalue weighted by Crippen LogP contribution is 2.31. The van der Waals surface area contributed by atoms with E-state index in [0.717, 1.165) is 22.3 Å². The summed E-state index contributed by atoms with van der Waals surface area (Å²) in [5.41, 5.74) is 5.44. The molecule has 0 fully saturated rings. The van der Waals surface area contributed by atoms with E-state index in [9.17, 15) is 0 Å². The zero-order chi connectivity index (χ0) is 19.9. The molecule has 0 bridgehead atoms. The van der Waals surface area contributed by atoms with Crippen LogP contribution >= 0.6 is 0 Å². The third kappa shape index (κ3) is 5.02. The van der Waals surface area contributed by atoms with E-state index in [0.29, 0.717) is 25.0 Å². The third-order valence-corrected chi connectivity index (χ3v) is 4.65. The molecule has 3 nitrogen and oxygen atoms in total. The Balaban J connectivity index is 1.58. The van der Waals surface area contributed by atoms with Gasteiger partial charge in [0.05, 0.1) is 0 Å². The highest BCUT2D eigenvalue weighted by molar-refractivity contribution is 5.69. The highest BCUT2D eigenvalue weighted by atomic mass is 16.5. The van der Waals surface area contributed by atoms with Crippen molar-refractivity contribution in [1.29, 1.82) is 0 Å². The smallest absolute Gasteiger partial charge is 0.225 e. The molecule has 4 aromatic rings. The minimum absolute atomic E-state index is 0.453. The lowest BCUT2D eigenvalue weighted by Crippen LogP contribution is -2.02. The molecular formula is C26H23NO2. The molecule has 0 saturated heterocycles. The van der Waals surface area contributed by atoms with Crippen LogP contribution in [0.15, 0.2) is 97.1 Å². The largest absolute Gasteiger partial charge is 0.473 e. The van der Waals surface area contributed by atoms with Crippen LogP contribution in [-0.4, -0.2) is 4.98 Å². The van der Waals surface area contributed by atoms with Crippen molar-refractivity contribution in [2.75, 3.05) is 0 Å². The number of benzene rings is 3. The van der Waals surface area contributed by atoms with Crippen molar-refractivity contribution in [3.63, 3.8) is 0 Å². The molecule has 0 aliphatic rings. The van der Waals surface area contributed by atoms with Crippen molar-refractivity contribution in [3.05, 3.63) is 114 Å². The number of ether oxygens (including phenoxy) is 2. The number of hydrogen-bond donors (Lipinski definition) is 0. The summed E-state index contributed by atoms with van der Waals surface area (Å²) in [7, 11) is 0. The van der Waals surface area contributed by atoms with Crippen LogP contribution < -0.4 is 9.47 Å². The molecule has 4 rings (SSSR count). The van der Waals surface area contributed by atoms with Gasteiger partial charge in [0.1, 0.15) is 13.2 Å². The maximum atomic E-state index is 6.11. The van der Waals surface area contributed by atoms with Crippen molar-refractivity contribution in [1.82, 2.24) is 4.98 Å². The Bertz CT molecular complexity index is 1050. The van der Waals surface area contributed by atoms with Gasteiger partial charge in [-0.3, -0.25) is 0 Å². The minimum atomic E-state index is 0.453. The molecule has 144 valence electrons. The molecule has 0 saturated carbocycles. The Hall–Kier alpha value is -3.59. The van der Waals surface area contributed by atoms with Gasteiger partial charge in [-0.2, -0.15) is 4.98 Å². The van der Waals surface area contributed by atoms with Crippen LogP contribution in [0.5, 0.6) is 11.8 Å². The average molecular weight is 381 g/mol. The summed E-state index contributed by atoms with van der Waals surface area (Å²) in [6.07, 6.45) is 0. The Labute approximate surface area is 171 Å². The first kappa shape index (κ1) is 18.8. The monoisotopic (exact) mass is 381 g/mol. The summed E-state index contributed by atoms with van der Waals surface area (Å²) in [6.45, 7) is 3.00. The van der Waals surface area contributed by atoms with Gasteiger partial charge in [0, 0.05) is 11.6 Å². The molecule has 0 spiro atoms. The molecule has 3 aromatic carbocycles. The van der Waals surface area contributed by atoms with E-state index >= 15 is 0 Å². The van der Waals surface area contributed by atoms with Gasteiger partial charge in [-0.15, -0.1) is 0 Å². The van der Waals surface area contributed by atoms with E-state index in [1.807, 2.05) is 72.8 Å². The third-order valence-electron chi connectivity index (χ3n) is 4.65. The van der Waals surface area contributed by atoms with E-state index in [1.54, 1.807) is 0 Å². The topological polar surface area (TPSA) is 31.4 Å². The first-order chi connectivity index (χ1) is 14.3. The van der Waals surface area contributed by atoms with Crippen LogP contribution in [0.3, 0.4) is 0 Å². The van der Waals surface area contributed by atoms with E-state index in [1.165, 1.54) is 5.56 Å². The molecule has 0 unspecified atom stereocenters. The predicted molar refractivity (Wildman–Crippen MR) is 116 cm³/mol. The van der Waals surface area contributed by atoms with Crippen LogP contribution in [0.2, 0.25) is 0 Å². The summed E-state index contributed by atoms with van der Waals surface area (Å²) in [5.74, 6) is 1.12. The van der Waals surface area contributed by atoms with Crippen LogP contribution in [-0.2, 0) is 13.2 Å². The SMILES string of the molecule is Cc1ccc(-c2ccc(OCc3ccccc3)nc2OCc2ccccc2)cc1. The van der Waals surface area contributed by atoms with Crippen LogP contribution in [0.1, 0.15) is 16.7 Å². The Morgan fingerprint density at radius 2 is 1.21 bits per heavy atom. The maximum Gasteiger partial charge on any atom is 0.225 e. The summed E-state index contributed by atoms with van der Waals surface area (Å²) in [4.78, 5) is 4.66. The maximum absolute atomic E-state index is 6.11. The van der Waals surface area contributed by atoms with Gasteiger partial charge < -0.3 is 9.47 Å². The standard InChI is InChI=1S/C26H23NO2/c1-20-12-14-23(15-13-20)24-16-17-25(28-18-21-8-4-2-5-9-21)27-26(24)29-19-22-10-6-3-7-11-22/h2-17H,18-19H2,1H3. The van der Waals surface area contributed by atoms with Crippen molar-refractivity contribution >= 4 is 0 Å². The van der Waals surface area contributed by atoms with Gasteiger partial charge in [0.15, 0.2) is 0 Å². The molecule has 0 atom stereocenters. The lowest BCUT2D eigenvalue weighted by Gasteiger charge is -2.13. The lowest BCUT2D eigenvalue weighted by molar-refractivity contribution is 0.268. The van der Waals surface area contributed by atoms with Crippen LogP contribution in [0, 0.1) is 6.92 Å². The molecule has 0 amide bonds. The normalized spacial score (nSPS) is 10.5. The molecule has 29 heavy (non-hydrogen) atoms. The molecule has 0 radical (unpaired) electrons.